The molecule has 2 aliphatic heterocycles. The summed E-state index contributed by atoms with van der Waals surface area (Å²) in [5.74, 6) is 1.48. The molecule has 0 spiro atoms. The minimum atomic E-state index is -0.219. The number of aryl methyl sites for hydroxylation is 1. The highest BCUT2D eigenvalue weighted by Gasteiger charge is 2.32. The Morgan fingerprint density at radius 3 is 2.83 bits per heavy atom. The van der Waals surface area contributed by atoms with E-state index in [0.29, 0.717) is 48.3 Å². The van der Waals surface area contributed by atoms with Gasteiger partial charge in [0.15, 0.2) is 5.82 Å². The Labute approximate surface area is 169 Å². The molecule has 2 aromatic rings. The normalized spacial score (nSPS) is 19.8. The van der Waals surface area contributed by atoms with E-state index in [2.05, 4.69) is 15.5 Å². The second-order valence-electron chi connectivity index (χ2n) is 7.31. The standard InChI is InChI=1S/C20H25N5O4/c1-13-22-18(23-29-13)15-6-4-3-5-10-24(15)19(26)14-7-8-17(28-2)16(12-14)25-11-9-21-20(25)27/h7-8,12,15H,3-6,9-11H2,1-2H3,(H,21,27). The van der Waals surface area contributed by atoms with E-state index >= 15 is 0 Å². The Balaban J connectivity index is 1.67. The van der Waals surface area contributed by atoms with Crippen LogP contribution in [0.1, 0.15) is 53.8 Å². The van der Waals surface area contributed by atoms with E-state index < -0.39 is 0 Å². The molecule has 2 fully saturated rings. The average Bonchev–Trinajstić information content (AvgIpc) is 3.27. The summed E-state index contributed by atoms with van der Waals surface area (Å²) in [6.07, 6.45) is 3.78. The molecule has 0 aliphatic carbocycles. The van der Waals surface area contributed by atoms with Crippen LogP contribution in [0.15, 0.2) is 22.7 Å². The first-order chi connectivity index (χ1) is 14.1. The number of amides is 3. The van der Waals surface area contributed by atoms with E-state index in [1.54, 1.807) is 37.1 Å². The van der Waals surface area contributed by atoms with Gasteiger partial charge in [0.05, 0.1) is 18.8 Å². The number of carbonyl (C=O) groups excluding carboxylic acids is 2. The highest BCUT2D eigenvalue weighted by atomic mass is 16.5. The minimum absolute atomic E-state index is 0.108. The van der Waals surface area contributed by atoms with Gasteiger partial charge in [-0.3, -0.25) is 9.69 Å². The van der Waals surface area contributed by atoms with Crippen molar-refractivity contribution < 1.29 is 18.8 Å². The number of anilines is 1. The molecule has 154 valence electrons. The number of carbonyl (C=O) groups is 2. The zero-order valence-corrected chi connectivity index (χ0v) is 16.7. The van der Waals surface area contributed by atoms with Crippen molar-refractivity contribution in [2.75, 3.05) is 31.6 Å². The van der Waals surface area contributed by atoms with Gasteiger partial charge in [0.1, 0.15) is 5.75 Å². The lowest BCUT2D eigenvalue weighted by atomic mass is 10.1. The molecule has 1 atom stereocenters. The fourth-order valence-corrected chi connectivity index (χ4v) is 3.97. The molecule has 2 aliphatic rings. The first kappa shape index (κ1) is 19.2. The van der Waals surface area contributed by atoms with Crippen molar-refractivity contribution in [2.24, 2.45) is 0 Å². The van der Waals surface area contributed by atoms with E-state index in [4.69, 9.17) is 9.26 Å². The Hall–Kier alpha value is -3.10. The van der Waals surface area contributed by atoms with Crippen LogP contribution in [-0.4, -0.2) is 53.7 Å². The molecule has 9 nitrogen and oxygen atoms in total. The van der Waals surface area contributed by atoms with Crippen molar-refractivity contribution in [1.29, 1.82) is 0 Å². The number of urea groups is 1. The van der Waals surface area contributed by atoms with Crippen LogP contribution < -0.4 is 15.0 Å². The van der Waals surface area contributed by atoms with Gasteiger partial charge in [-0.2, -0.15) is 4.98 Å². The Bertz CT molecular complexity index is 912. The predicted molar refractivity (Wildman–Crippen MR) is 105 cm³/mol. The number of ether oxygens (including phenoxy) is 1. The smallest absolute Gasteiger partial charge is 0.322 e. The van der Waals surface area contributed by atoms with Crippen molar-refractivity contribution in [2.45, 2.75) is 38.6 Å². The maximum Gasteiger partial charge on any atom is 0.322 e. The van der Waals surface area contributed by atoms with E-state index in [1.165, 1.54) is 0 Å². The van der Waals surface area contributed by atoms with Crippen LogP contribution in [0, 0.1) is 6.92 Å². The Kier molecular flexibility index (Phi) is 5.37. The first-order valence-electron chi connectivity index (χ1n) is 9.93. The maximum absolute atomic E-state index is 13.5. The van der Waals surface area contributed by atoms with Gasteiger partial charge in [0.25, 0.3) is 5.91 Å². The molecule has 29 heavy (non-hydrogen) atoms. The van der Waals surface area contributed by atoms with Crippen molar-refractivity contribution in [3.05, 3.63) is 35.5 Å². The number of methoxy groups -OCH3 is 1. The number of aromatic nitrogens is 2. The van der Waals surface area contributed by atoms with Crippen LogP contribution in [-0.2, 0) is 0 Å². The van der Waals surface area contributed by atoms with Crippen LogP contribution in [0.2, 0.25) is 0 Å². The zero-order valence-electron chi connectivity index (χ0n) is 16.7. The summed E-state index contributed by atoms with van der Waals surface area (Å²) in [5.41, 5.74) is 1.10. The maximum atomic E-state index is 13.5. The van der Waals surface area contributed by atoms with E-state index in [-0.39, 0.29) is 18.0 Å². The number of hydrogen-bond acceptors (Lipinski definition) is 6. The lowest BCUT2D eigenvalue weighted by Gasteiger charge is -2.28. The second-order valence-corrected chi connectivity index (χ2v) is 7.31. The number of nitrogens with zero attached hydrogens (tertiary/aromatic N) is 4. The monoisotopic (exact) mass is 399 g/mol. The van der Waals surface area contributed by atoms with Crippen molar-refractivity contribution in [3.63, 3.8) is 0 Å². The molecular formula is C20H25N5O4. The highest BCUT2D eigenvalue weighted by Crippen LogP contribution is 2.34. The minimum Gasteiger partial charge on any atom is -0.495 e. The van der Waals surface area contributed by atoms with Gasteiger partial charge in [-0.15, -0.1) is 0 Å². The van der Waals surface area contributed by atoms with Gasteiger partial charge in [0, 0.05) is 32.1 Å². The van der Waals surface area contributed by atoms with Crippen LogP contribution in [0.5, 0.6) is 5.75 Å². The average molecular weight is 399 g/mol. The third-order valence-electron chi connectivity index (χ3n) is 5.43. The molecule has 1 N–H and O–H groups in total. The molecule has 1 aromatic heterocycles. The zero-order chi connectivity index (χ0) is 20.4. The topological polar surface area (TPSA) is 101 Å². The second kappa shape index (κ2) is 8.10. The van der Waals surface area contributed by atoms with E-state index in [0.717, 1.165) is 25.7 Å². The van der Waals surface area contributed by atoms with Gasteiger partial charge in [-0.25, -0.2) is 4.79 Å². The van der Waals surface area contributed by atoms with Gasteiger partial charge in [-0.1, -0.05) is 18.0 Å². The molecule has 1 unspecified atom stereocenters. The first-order valence-corrected chi connectivity index (χ1v) is 9.93. The van der Waals surface area contributed by atoms with Crippen LogP contribution in [0.25, 0.3) is 0 Å². The summed E-state index contributed by atoms with van der Waals surface area (Å²) < 4.78 is 10.6. The molecule has 2 saturated heterocycles. The molecule has 0 radical (unpaired) electrons. The predicted octanol–water partition coefficient (Wildman–Crippen LogP) is 2.67. The third kappa shape index (κ3) is 3.76. The quantitative estimate of drug-likeness (QED) is 0.848. The molecule has 1 aromatic carbocycles. The molecular weight excluding hydrogens is 374 g/mol. The lowest BCUT2D eigenvalue weighted by molar-refractivity contribution is 0.0670. The van der Waals surface area contributed by atoms with Crippen molar-refractivity contribution in [3.8, 4) is 5.75 Å². The largest absolute Gasteiger partial charge is 0.495 e. The number of rotatable bonds is 4. The molecule has 4 rings (SSSR count). The summed E-state index contributed by atoms with van der Waals surface area (Å²) in [7, 11) is 1.55. The summed E-state index contributed by atoms with van der Waals surface area (Å²) in [6, 6.07) is 4.79. The molecule has 0 bridgehead atoms. The van der Waals surface area contributed by atoms with Crippen LogP contribution in [0.4, 0.5) is 10.5 Å². The summed E-state index contributed by atoms with van der Waals surface area (Å²) in [6.45, 7) is 3.46. The van der Waals surface area contributed by atoms with Gasteiger partial charge in [-0.05, 0) is 31.0 Å². The summed E-state index contributed by atoms with van der Waals surface area (Å²) in [4.78, 5) is 33.4. The molecule has 3 heterocycles. The summed E-state index contributed by atoms with van der Waals surface area (Å²) in [5, 5.41) is 6.84. The summed E-state index contributed by atoms with van der Waals surface area (Å²) >= 11 is 0. The third-order valence-corrected chi connectivity index (χ3v) is 5.43. The SMILES string of the molecule is COc1ccc(C(=O)N2CCCCCC2c2noc(C)n2)cc1N1CCNC1=O. The van der Waals surface area contributed by atoms with Crippen LogP contribution >= 0.6 is 0 Å². The lowest BCUT2D eigenvalue weighted by Crippen LogP contribution is -2.35. The van der Waals surface area contributed by atoms with Gasteiger partial charge >= 0.3 is 6.03 Å². The van der Waals surface area contributed by atoms with E-state index in [1.807, 2.05) is 4.90 Å². The number of likely N-dealkylation sites (tertiary alicyclic amines) is 1. The number of nitrogens with one attached hydrogen (secondary N) is 1. The van der Waals surface area contributed by atoms with Crippen LogP contribution in [0.3, 0.4) is 0 Å². The fraction of sp³-hybridized carbons (Fsp3) is 0.500. The Morgan fingerprint density at radius 2 is 2.14 bits per heavy atom. The van der Waals surface area contributed by atoms with E-state index in [9.17, 15) is 9.59 Å². The van der Waals surface area contributed by atoms with Crippen molar-refractivity contribution in [1.82, 2.24) is 20.4 Å². The van der Waals surface area contributed by atoms with Gasteiger partial charge in [0.2, 0.25) is 5.89 Å². The number of hydrogen-bond donors (Lipinski definition) is 1. The molecule has 9 heteroatoms. The number of benzene rings is 1. The molecule has 3 amide bonds. The highest BCUT2D eigenvalue weighted by molar-refractivity contribution is 6.00. The molecule has 0 saturated carbocycles. The van der Waals surface area contributed by atoms with Crippen molar-refractivity contribution >= 4 is 17.6 Å². The fourth-order valence-electron chi connectivity index (χ4n) is 3.97. The van der Waals surface area contributed by atoms with Gasteiger partial charge < -0.3 is 19.5 Å². The Morgan fingerprint density at radius 1 is 1.28 bits per heavy atom.